The predicted octanol–water partition coefficient (Wildman–Crippen LogP) is 4.78. The zero-order chi connectivity index (χ0) is 19.0. The van der Waals surface area contributed by atoms with Crippen LogP contribution in [0.25, 0.3) is 6.08 Å². The summed E-state index contributed by atoms with van der Waals surface area (Å²) >= 11 is 0.273. The van der Waals surface area contributed by atoms with E-state index in [9.17, 15) is 18.0 Å². The van der Waals surface area contributed by atoms with Gasteiger partial charge in [0.05, 0.1) is 6.61 Å². The van der Waals surface area contributed by atoms with Crippen LogP contribution in [0, 0.1) is 0 Å². The molecule has 0 bridgehead atoms. The monoisotopic (exact) mass is 385 g/mol. The minimum Gasteiger partial charge on any atom is -0.494 e. The molecule has 1 aromatic heterocycles. The van der Waals surface area contributed by atoms with E-state index >= 15 is 0 Å². The SMILES string of the molecule is CCCCCOc1ccc(C=CC(=O)Nc2nnc(C(F)(F)F)s2)cc1. The third-order valence-corrected chi connectivity index (χ3v) is 4.11. The molecular weight excluding hydrogens is 367 g/mol. The number of hydrogen-bond donors (Lipinski definition) is 1. The lowest BCUT2D eigenvalue weighted by Crippen LogP contribution is -2.07. The fourth-order valence-electron chi connectivity index (χ4n) is 1.92. The van der Waals surface area contributed by atoms with Crippen LogP contribution in [0.1, 0.15) is 36.8 Å². The second-order valence-electron chi connectivity index (χ2n) is 5.36. The lowest BCUT2D eigenvalue weighted by Gasteiger charge is -2.05. The third-order valence-electron chi connectivity index (χ3n) is 3.22. The van der Waals surface area contributed by atoms with Gasteiger partial charge in [-0.25, -0.2) is 0 Å². The topological polar surface area (TPSA) is 64.1 Å². The van der Waals surface area contributed by atoms with Gasteiger partial charge in [-0.05, 0) is 30.2 Å². The Labute approximate surface area is 152 Å². The summed E-state index contributed by atoms with van der Waals surface area (Å²) < 4.78 is 42.9. The number of aromatic nitrogens is 2. The number of halogens is 3. The van der Waals surface area contributed by atoms with Crippen LogP contribution in [0.3, 0.4) is 0 Å². The van der Waals surface area contributed by atoms with Gasteiger partial charge < -0.3 is 4.74 Å². The summed E-state index contributed by atoms with van der Waals surface area (Å²) in [5.74, 6) is 0.158. The molecule has 2 aromatic rings. The van der Waals surface area contributed by atoms with E-state index in [4.69, 9.17) is 4.74 Å². The number of hydrogen-bond acceptors (Lipinski definition) is 5. The molecule has 0 radical (unpaired) electrons. The molecule has 0 aliphatic rings. The average Bonchev–Trinajstić information content (AvgIpc) is 3.07. The normalized spacial score (nSPS) is 11.7. The number of carbonyl (C=O) groups is 1. The molecule has 140 valence electrons. The molecular formula is C17H18F3N3O2S. The highest BCUT2D eigenvalue weighted by Crippen LogP contribution is 2.32. The van der Waals surface area contributed by atoms with Crippen molar-refractivity contribution >= 4 is 28.5 Å². The van der Waals surface area contributed by atoms with Crippen molar-refractivity contribution < 1.29 is 22.7 Å². The van der Waals surface area contributed by atoms with Crippen LogP contribution in [0.15, 0.2) is 30.3 Å². The number of anilines is 1. The molecule has 0 atom stereocenters. The van der Waals surface area contributed by atoms with E-state index in [-0.39, 0.29) is 16.5 Å². The van der Waals surface area contributed by atoms with E-state index in [0.29, 0.717) is 6.61 Å². The highest BCUT2D eigenvalue weighted by Gasteiger charge is 2.35. The zero-order valence-corrected chi connectivity index (χ0v) is 14.9. The summed E-state index contributed by atoms with van der Waals surface area (Å²) in [6, 6.07) is 7.16. The third kappa shape index (κ3) is 6.47. The number of unbranched alkanes of at least 4 members (excludes halogenated alkanes) is 2. The molecule has 1 N–H and O–H groups in total. The molecule has 1 heterocycles. The summed E-state index contributed by atoms with van der Waals surface area (Å²) in [6.45, 7) is 2.78. The van der Waals surface area contributed by atoms with Gasteiger partial charge in [0.2, 0.25) is 16.0 Å². The summed E-state index contributed by atoms with van der Waals surface area (Å²) in [5.41, 5.74) is 0.759. The Morgan fingerprint density at radius 3 is 2.58 bits per heavy atom. The van der Waals surface area contributed by atoms with Gasteiger partial charge in [0.1, 0.15) is 5.75 Å². The van der Waals surface area contributed by atoms with Gasteiger partial charge >= 0.3 is 6.18 Å². The Morgan fingerprint density at radius 1 is 1.23 bits per heavy atom. The van der Waals surface area contributed by atoms with Crippen LogP contribution in [-0.2, 0) is 11.0 Å². The van der Waals surface area contributed by atoms with Crippen molar-refractivity contribution in [2.45, 2.75) is 32.4 Å². The molecule has 0 spiro atoms. The number of amides is 1. The number of rotatable bonds is 8. The zero-order valence-electron chi connectivity index (χ0n) is 14.0. The molecule has 0 aliphatic heterocycles. The van der Waals surface area contributed by atoms with E-state index in [1.165, 1.54) is 6.08 Å². The molecule has 0 unspecified atom stereocenters. The second kappa shape index (κ2) is 9.33. The molecule has 5 nitrogen and oxygen atoms in total. The van der Waals surface area contributed by atoms with Crippen molar-refractivity contribution in [1.29, 1.82) is 0 Å². The van der Waals surface area contributed by atoms with E-state index < -0.39 is 17.1 Å². The second-order valence-corrected chi connectivity index (χ2v) is 6.33. The van der Waals surface area contributed by atoms with Crippen molar-refractivity contribution in [3.05, 3.63) is 40.9 Å². The smallest absolute Gasteiger partial charge is 0.445 e. The lowest BCUT2D eigenvalue weighted by molar-refractivity contribution is -0.138. The van der Waals surface area contributed by atoms with E-state index in [2.05, 4.69) is 22.4 Å². The molecule has 9 heteroatoms. The first-order valence-electron chi connectivity index (χ1n) is 8.01. The van der Waals surface area contributed by atoms with E-state index in [1.807, 2.05) is 0 Å². The number of ether oxygens (including phenoxy) is 1. The van der Waals surface area contributed by atoms with Crippen molar-refractivity contribution in [3.8, 4) is 5.75 Å². The van der Waals surface area contributed by atoms with Crippen LogP contribution in [-0.4, -0.2) is 22.7 Å². The van der Waals surface area contributed by atoms with Crippen molar-refractivity contribution in [3.63, 3.8) is 0 Å². The Balaban J connectivity index is 1.84. The molecule has 0 fully saturated rings. The van der Waals surface area contributed by atoms with Gasteiger partial charge in [0, 0.05) is 6.08 Å². The van der Waals surface area contributed by atoms with Gasteiger partial charge in [0.25, 0.3) is 0 Å². The van der Waals surface area contributed by atoms with Crippen molar-refractivity contribution in [1.82, 2.24) is 10.2 Å². The number of carbonyl (C=O) groups excluding carboxylic acids is 1. The Morgan fingerprint density at radius 2 is 1.96 bits per heavy atom. The summed E-state index contributed by atoms with van der Waals surface area (Å²) in [5, 5.41) is 7.23. The lowest BCUT2D eigenvalue weighted by atomic mass is 10.2. The van der Waals surface area contributed by atoms with Crippen LogP contribution in [0.4, 0.5) is 18.3 Å². The molecule has 26 heavy (non-hydrogen) atoms. The maximum Gasteiger partial charge on any atom is 0.445 e. The van der Waals surface area contributed by atoms with Crippen LogP contribution >= 0.6 is 11.3 Å². The summed E-state index contributed by atoms with van der Waals surface area (Å²) in [6.07, 6.45) is 1.43. The van der Waals surface area contributed by atoms with Crippen LogP contribution < -0.4 is 10.1 Å². The van der Waals surface area contributed by atoms with Crippen molar-refractivity contribution in [2.75, 3.05) is 11.9 Å². The van der Waals surface area contributed by atoms with Gasteiger partial charge in [0.15, 0.2) is 0 Å². The average molecular weight is 385 g/mol. The van der Waals surface area contributed by atoms with Gasteiger partial charge in [-0.1, -0.05) is 43.2 Å². The number of alkyl halides is 3. The van der Waals surface area contributed by atoms with Crippen LogP contribution in [0.5, 0.6) is 5.75 Å². The Hall–Kier alpha value is -2.42. The van der Waals surface area contributed by atoms with Gasteiger partial charge in [-0.3, -0.25) is 10.1 Å². The Kier molecular flexibility index (Phi) is 7.14. The highest BCUT2D eigenvalue weighted by atomic mass is 32.1. The first-order valence-corrected chi connectivity index (χ1v) is 8.82. The maximum absolute atomic E-state index is 12.4. The highest BCUT2D eigenvalue weighted by molar-refractivity contribution is 7.15. The molecule has 0 saturated carbocycles. The summed E-state index contributed by atoms with van der Waals surface area (Å²) in [7, 11) is 0. The first kappa shape index (κ1) is 19.9. The van der Waals surface area contributed by atoms with E-state index in [0.717, 1.165) is 30.6 Å². The summed E-state index contributed by atoms with van der Waals surface area (Å²) in [4.78, 5) is 11.7. The standard InChI is InChI=1S/C17H18F3N3O2S/c1-2-3-4-11-25-13-8-5-12(6-9-13)7-10-14(24)21-16-23-22-15(26-16)17(18,19)20/h5-10H,2-4,11H2,1H3,(H,21,23,24). The van der Waals surface area contributed by atoms with E-state index in [1.54, 1.807) is 30.3 Å². The fourth-order valence-corrected chi connectivity index (χ4v) is 2.54. The van der Waals surface area contributed by atoms with Gasteiger partial charge in [-0.2, -0.15) is 13.2 Å². The molecule has 2 rings (SSSR count). The fraction of sp³-hybridized carbons (Fsp3) is 0.353. The van der Waals surface area contributed by atoms with Crippen molar-refractivity contribution in [2.24, 2.45) is 0 Å². The minimum atomic E-state index is -4.57. The first-order chi connectivity index (χ1) is 12.4. The van der Waals surface area contributed by atoms with Gasteiger partial charge in [-0.15, -0.1) is 10.2 Å². The quantitative estimate of drug-likeness (QED) is 0.525. The number of nitrogens with zero attached hydrogens (tertiary/aromatic N) is 2. The molecule has 0 aliphatic carbocycles. The van der Waals surface area contributed by atoms with Crippen LogP contribution in [0.2, 0.25) is 0 Å². The maximum atomic E-state index is 12.4. The number of nitrogens with one attached hydrogen (secondary N) is 1. The predicted molar refractivity (Wildman–Crippen MR) is 94.0 cm³/mol. The Bertz CT molecular complexity index is 742. The molecule has 0 saturated heterocycles. The number of benzene rings is 1. The largest absolute Gasteiger partial charge is 0.494 e. The molecule has 1 amide bonds. The minimum absolute atomic E-state index is 0.206. The molecule has 1 aromatic carbocycles.